The smallest absolute Gasteiger partial charge is 0.325 e. The quantitative estimate of drug-likeness (QED) is 0.520. The van der Waals surface area contributed by atoms with Gasteiger partial charge in [-0.25, -0.2) is 9.78 Å². The number of hydrogen-bond donors (Lipinski definition) is 3. The summed E-state index contributed by atoms with van der Waals surface area (Å²) in [6.45, 7) is 1.93. The van der Waals surface area contributed by atoms with Gasteiger partial charge in [0.1, 0.15) is 11.5 Å². The number of carbonyl (C=O) groups is 1. The molecule has 3 N–H and O–H groups in total. The molecule has 1 amide bonds. The third-order valence-corrected chi connectivity index (χ3v) is 4.43. The highest BCUT2D eigenvalue weighted by molar-refractivity contribution is 5.76. The van der Waals surface area contributed by atoms with Gasteiger partial charge in [-0.2, -0.15) is 0 Å². The van der Waals surface area contributed by atoms with Crippen LogP contribution in [-0.2, 0) is 17.8 Å². The third kappa shape index (κ3) is 5.57. The monoisotopic (exact) mass is 410 g/mol. The van der Waals surface area contributed by atoms with Gasteiger partial charge in [0.25, 0.3) is 5.56 Å². The molecule has 9 heteroatoms. The van der Waals surface area contributed by atoms with Gasteiger partial charge in [0.05, 0.1) is 7.11 Å². The molecule has 0 radical (unpaired) electrons. The average Bonchev–Trinajstić information content (AvgIpc) is 2.73. The number of ether oxygens (including phenoxy) is 2. The average molecular weight is 410 g/mol. The van der Waals surface area contributed by atoms with Crippen molar-refractivity contribution in [3.05, 3.63) is 80.3 Å². The molecule has 0 unspecified atom stereocenters. The molecule has 156 valence electrons. The van der Waals surface area contributed by atoms with E-state index in [1.807, 2.05) is 6.07 Å². The zero-order chi connectivity index (χ0) is 21.5. The fraction of sp³-hybridized carbons (Fsp3) is 0.238. The molecule has 0 aliphatic carbocycles. The van der Waals surface area contributed by atoms with Crippen LogP contribution in [-0.4, -0.2) is 28.0 Å². The second-order valence-electron chi connectivity index (χ2n) is 6.57. The van der Waals surface area contributed by atoms with Crippen LogP contribution in [0.5, 0.6) is 17.4 Å². The number of rotatable bonds is 8. The molecule has 0 bridgehead atoms. The molecule has 2 aromatic heterocycles. The van der Waals surface area contributed by atoms with Gasteiger partial charge in [0, 0.05) is 36.5 Å². The van der Waals surface area contributed by atoms with Crippen LogP contribution >= 0.6 is 0 Å². The van der Waals surface area contributed by atoms with Crippen LogP contribution in [0.3, 0.4) is 0 Å². The Bertz CT molecular complexity index is 1120. The highest BCUT2D eigenvalue weighted by Gasteiger charge is 2.09. The van der Waals surface area contributed by atoms with E-state index in [4.69, 9.17) is 9.47 Å². The number of hydrogen-bond acceptors (Lipinski definition) is 6. The summed E-state index contributed by atoms with van der Waals surface area (Å²) in [5.41, 5.74) is 0.640. The predicted octanol–water partition coefficient (Wildman–Crippen LogP) is 1.82. The van der Waals surface area contributed by atoms with Crippen molar-refractivity contribution in [3.63, 3.8) is 0 Å². The summed E-state index contributed by atoms with van der Waals surface area (Å²) in [7, 11) is 1.60. The minimum Gasteiger partial charge on any atom is -0.497 e. The topological polar surface area (TPSA) is 126 Å². The first-order chi connectivity index (χ1) is 14.4. The fourth-order valence-corrected chi connectivity index (χ4v) is 2.79. The third-order valence-electron chi connectivity index (χ3n) is 4.43. The highest BCUT2D eigenvalue weighted by atomic mass is 16.5. The first-order valence-electron chi connectivity index (χ1n) is 9.30. The SMILES string of the molecule is COc1ccc(Oc2ccc(CNC(=O)CCc3c(C)[nH]c(=O)[nH]c3=O)cn2)cc1. The molecule has 3 aromatic rings. The number of aryl methyl sites for hydroxylation is 1. The molecule has 0 saturated carbocycles. The van der Waals surface area contributed by atoms with Gasteiger partial charge < -0.3 is 19.8 Å². The zero-order valence-corrected chi connectivity index (χ0v) is 16.7. The predicted molar refractivity (Wildman–Crippen MR) is 110 cm³/mol. The Morgan fingerprint density at radius 3 is 2.43 bits per heavy atom. The van der Waals surface area contributed by atoms with E-state index in [0.717, 1.165) is 11.3 Å². The summed E-state index contributed by atoms with van der Waals surface area (Å²) < 4.78 is 10.8. The first-order valence-corrected chi connectivity index (χ1v) is 9.30. The Labute approximate surface area is 172 Å². The molecule has 1 aromatic carbocycles. The molecule has 0 fully saturated rings. The van der Waals surface area contributed by atoms with Gasteiger partial charge in [-0.1, -0.05) is 6.07 Å². The normalized spacial score (nSPS) is 10.5. The lowest BCUT2D eigenvalue weighted by Gasteiger charge is -2.08. The van der Waals surface area contributed by atoms with Crippen LogP contribution in [0.15, 0.2) is 52.2 Å². The molecular weight excluding hydrogens is 388 g/mol. The van der Waals surface area contributed by atoms with Crippen molar-refractivity contribution in [1.82, 2.24) is 20.3 Å². The minimum atomic E-state index is -0.558. The Hall–Kier alpha value is -3.88. The molecule has 0 atom stereocenters. The van der Waals surface area contributed by atoms with E-state index >= 15 is 0 Å². The lowest BCUT2D eigenvalue weighted by atomic mass is 10.1. The number of nitrogens with zero attached hydrogens (tertiary/aromatic N) is 1. The summed E-state index contributed by atoms with van der Waals surface area (Å²) >= 11 is 0. The second kappa shape index (κ2) is 9.55. The van der Waals surface area contributed by atoms with Gasteiger partial charge in [-0.05, 0) is 43.2 Å². The van der Waals surface area contributed by atoms with Crippen LogP contribution in [0, 0.1) is 6.92 Å². The van der Waals surface area contributed by atoms with Crippen LogP contribution in [0.2, 0.25) is 0 Å². The Balaban J connectivity index is 1.49. The molecule has 2 heterocycles. The van der Waals surface area contributed by atoms with Crippen molar-refractivity contribution >= 4 is 5.91 Å². The lowest BCUT2D eigenvalue weighted by molar-refractivity contribution is -0.121. The van der Waals surface area contributed by atoms with E-state index in [1.54, 1.807) is 50.6 Å². The molecule has 9 nitrogen and oxygen atoms in total. The fourth-order valence-electron chi connectivity index (χ4n) is 2.79. The van der Waals surface area contributed by atoms with E-state index < -0.39 is 11.2 Å². The van der Waals surface area contributed by atoms with Gasteiger partial charge >= 0.3 is 5.69 Å². The molecule has 0 saturated heterocycles. The molecule has 0 aliphatic rings. The van der Waals surface area contributed by atoms with Gasteiger partial charge in [-0.15, -0.1) is 0 Å². The Morgan fingerprint density at radius 1 is 1.07 bits per heavy atom. The Kier molecular flexibility index (Phi) is 6.63. The van der Waals surface area contributed by atoms with Crippen molar-refractivity contribution in [2.75, 3.05) is 7.11 Å². The van der Waals surface area contributed by atoms with E-state index in [9.17, 15) is 14.4 Å². The molecule has 30 heavy (non-hydrogen) atoms. The summed E-state index contributed by atoms with van der Waals surface area (Å²) in [5.74, 6) is 1.60. The maximum atomic E-state index is 12.1. The van der Waals surface area contributed by atoms with Crippen molar-refractivity contribution in [3.8, 4) is 17.4 Å². The van der Waals surface area contributed by atoms with E-state index in [0.29, 0.717) is 29.4 Å². The molecule has 0 spiro atoms. The number of methoxy groups -OCH3 is 1. The number of H-pyrrole nitrogens is 2. The molecule has 3 rings (SSSR count). The maximum absolute atomic E-state index is 12.1. The number of aromatic amines is 2. The minimum absolute atomic E-state index is 0.127. The number of pyridine rings is 1. The number of nitrogens with one attached hydrogen (secondary N) is 3. The highest BCUT2D eigenvalue weighted by Crippen LogP contribution is 2.22. The molecular formula is C21H22N4O5. The van der Waals surface area contributed by atoms with Crippen LogP contribution in [0.4, 0.5) is 0 Å². The van der Waals surface area contributed by atoms with Gasteiger partial charge in [-0.3, -0.25) is 14.6 Å². The lowest BCUT2D eigenvalue weighted by Crippen LogP contribution is -2.29. The van der Waals surface area contributed by atoms with E-state index in [-0.39, 0.29) is 18.7 Å². The number of amides is 1. The summed E-state index contributed by atoms with van der Waals surface area (Å²) in [5, 5.41) is 2.78. The van der Waals surface area contributed by atoms with Crippen LogP contribution < -0.4 is 26.0 Å². The summed E-state index contributed by atoms with van der Waals surface area (Å²) in [6, 6.07) is 10.7. The number of benzene rings is 1. The van der Waals surface area contributed by atoms with E-state index in [2.05, 4.69) is 20.3 Å². The number of carbonyl (C=O) groups excluding carboxylic acids is 1. The van der Waals surface area contributed by atoms with Crippen molar-refractivity contribution in [2.45, 2.75) is 26.3 Å². The summed E-state index contributed by atoms with van der Waals surface area (Å²) in [4.78, 5) is 44.0. The molecule has 0 aliphatic heterocycles. The Morgan fingerprint density at radius 2 is 1.80 bits per heavy atom. The maximum Gasteiger partial charge on any atom is 0.325 e. The second-order valence-corrected chi connectivity index (χ2v) is 6.57. The first kappa shape index (κ1) is 20.8. The zero-order valence-electron chi connectivity index (χ0n) is 16.7. The van der Waals surface area contributed by atoms with Crippen molar-refractivity contribution in [1.29, 1.82) is 0 Å². The van der Waals surface area contributed by atoms with E-state index in [1.165, 1.54) is 0 Å². The van der Waals surface area contributed by atoms with Crippen LogP contribution in [0.1, 0.15) is 23.2 Å². The number of aromatic nitrogens is 3. The van der Waals surface area contributed by atoms with Gasteiger partial charge in [0.15, 0.2) is 0 Å². The van der Waals surface area contributed by atoms with Crippen molar-refractivity contribution in [2.24, 2.45) is 0 Å². The standard InChI is InChI=1S/C21H22N4O5/c1-13-17(20(27)25-21(28)24-13)8-9-18(26)22-11-14-3-10-19(23-12-14)30-16-6-4-15(29-2)5-7-16/h3-7,10,12H,8-9,11H2,1-2H3,(H,22,26)(H2,24,25,27,28). The van der Waals surface area contributed by atoms with Gasteiger partial charge in [0.2, 0.25) is 11.8 Å². The largest absolute Gasteiger partial charge is 0.497 e. The van der Waals surface area contributed by atoms with Crippen molar-refractivity contribution < 1.29 is 14.3 Å². The van der Waals surface area contributed by atoms with Crippen LogP contribution in [0.25, 0.3) is 0 Å². The summed E-state index contributed by atoms with van der Waals surface area (Å²) in [6.07, 6.45) is 1.98.